The van der Waals surface area contributed by atoms with E-state index in [2.05, 4.69) is 4.90 Å². The maximum absolute atomic E-state index is 13.4. The van der Waals surface area contributed by atoms with E-state index < -0.39 is 0 Å². The molecule has 0 spiro atoms. The summed E-state index contributed by atoms with van der Waals surface area (Å²) in [6.45, 7) is 1.48. The number of hydrogen-bond donors (Lipinski definition) is 0. The highest BCUT2D eigenvalue weighted by atomic mass is 32.1. The van der Waals surface area contributed by atoms with Gasteiger partial charge in [-0.1, -0.05) is 30.3 Å². The van der Waals surface area contributed by atoms with E-state index in [9.17, 15) is 4.79 Å². The number of aromatic nitrogens is 2. The molecule has 0 radical (unpaired) electrons. The second-order valence-corrected chi connectivity index (χ2v) is 7.82. The van der Waals surface area contributed by atoms with Crippen molar-refractivity contribution in [2.24, 2.45) is 0 Å². The summed E-state index contributed by atoms with van der Waals surface area (Å²) in [4.78, 5) is 27.6. The van der Waals surface area contributed by atoms with Crippen molar-refractivity contribution in [3.8, 4) is 0 Å². The summed E-state index contributed by atoms with van der Waals surface area (Å²) < 4.78 is 1.12. The number of fused-ring (bicyclic) bond motifs is 3. The molecule has 0 saturated carbocycles. The van der Waals surface area contributed by atoms with Crippen LogP contribution in [0.25, 0.3) is 21.1 Å². The molecule has 0 atom stereocenters. The van der Waals surface area contributed by atoms with E-state index >= 15 is 0 Å². The zero-order valence-corrected chi connectivity index (χ0v) is 15.7. The SMILES string of the molecule is CN1CCCN(C(=O)c2cc3ccccc3s2)c2nc3ccccc3nc21. The van der Waals surface area contributed by atoms with Crippen molar-refractivity contribution in [2.75, 3.05) is 29.9 Å². The summed E-state index contributed by atoms with van der Waals surface area (Å²) in [7, 11) is 2.01. The van der Waals surface area contributed by atoms with Crippen molar-refractivity contribution < 1.29 is 4.79 Å². The molecule has 1 amide bonds. The Morgan fingerprint density at radius 3 is 2.44 bits per heavy atom. The quantitative estimate of drug-likeness (QED) is 0.498. The Morgan fingerprint density at radius 2 is 1.67 bits per heavy atom. The molecule has 2 aromatic heterocycles. The molecule has 0 aliphatic carbocycles. The number of carbonyl (C=O) groups excluding carboxylic acids is 1. The lowest BCUT2D eigenvalue weighted by Crippen LogP contribution is -2.31. The largest absolute Gasteiger partial charge is 0.357 e. The third-order valence-electron chi connectivity index (χ3n) is 4.91. The van der Waals surface area contributed by atoms with Crippen LogP contribution in [0.4, 0.5) is 11.6 Å². The Hall–Kier alpha value is -2.99. The van der Waals surface area contributed by atoms with Crippen LogP contribution < -0.4 is 9.80 Å². The predicted octanol–water partition coefficient (Wildman–Crippen LogP) is 4.33. The van der Waals surface area contributed by atoms with E-state index in [1.807, 2.05) is 61.6 Å². The van der Waals surface area contributed by atoms with E-state index in [1.165, 1.54) is 11.3 Å². The van der Waals surface area contributed by atoms with Gasteiger partial charge in [0, 0.05) is 24.8 Å². The summed E-state index contributed by atoms with van der Waals surface area (Å²) in [5.41, 5.74) is 1.65. The fourth-order valence-corrected chi connectivity index (χ4v) is 4.53. The molecule has 0 fully saturated rings. The lowest BCUT2D eigenvalue weighted by Gasteiger charge is -2.22. The third-order valence-corrected chi connectivity index (χ3v) is 6.01. The third kappa shape index (κ3) is 2.73. The number of nitrogens with zero attached hydrogens (tertiary/aromatic N) is 4. The first-order valence-electron chi connectivity index (χ1n) is 8.99. The lowest BCUT2D eigenvalue weighted by molar-refractivity contribution is 0.0990. The summed E-state index contributed by atoms with van der Waals surface area (Å²) in [6.07, 6.45) is 0.877. The Labute approximate surface area is 160 Å². The van der Waals surface area contributed by atoms with E-state index in [4.69, 9.17) is 9.97 Å². The second-order valence-electron chi connectivity index (χ2n) is 6.74. The van der Waals surface area contributed by atoms with Crippen LogP contribution in [-0.4, -0.2) is 36.0 Å². The van der Waals surface area contributed by atoms with Gasteiger partial charge in [-0.3, -0.25) is 9.69 Å². The zero-order valence-electron chi connectivity index (χ0n) is 14.9. The van der Waals surface area contributed by atoms with Gasteiger partial charge in [0.05, 0.1) is 15.9 Å². The molecule has 0 unspecified atom stereocenters. The van der Waals surface area contributed by atoms with Crippen molar-refractivity contribution in [1.82, 2.24) is 9.97 Å². The van der Waals surface area contributed by atoms with Gasteiger partial charge in [-0.15, -0.1) is 11.3 Å². The van der Waals surface area contributed by atoms with Gasteiger partial charge in [-0.25, -0.2) is 9.97 Å². The van der Waals surface area contributed by atoms with Crippen molar-refractivity contribution >= 4 is 50.0 Å². The minimum Gasteiger partial charge on any atom is -0.357 e. The van der Waals surface area contributed by atoms with Crippen molar-refractivity contribution in [1.29, 1.82) is 0 Å². The molecule has 0 N–H and O–H groups in total. The molecule has 27 heavy (non-hydrogen) atoms. The summed E-state index contributed by atoms with van der Waals surface area (Å²) in [6, 6.07) is 17.9. The number of thiophene rings is 1. The molecular weight excluding hydrogens is 356 g/mol. The highest BCUT2D eigenvalue weighted by molar-refractivity contribution is 7.20. The van der Waals surface area contributed by atoms with Gasteiger partial charge in [0.1, 0.15) is 0 Å². The van der Waals surface area contributed by atoms with Crippen molar-refractivity contribution in [2.45, 2.75) is 6.42 Å². The molecule has 2 aromatic carbocycles. The number of benzene rings is 2. The molecule has 3 heterocycles. The fraction of sp³-hybridized carbons (Fsp3) is 0.190. The molecule has 1 aliphatic rings. The molecular formula is C21H18N4OS. The zero-order chi connectivity index (χ0) is 18.4. The van der Waals surface area contributed by atoms with Gasteiger partial charge in [0.15, 0.2) is 11.6 Å². The summed E-state index contributed by atoms with van der Waals surface area (Å²) in [5.74, 6) is 1.41. The number of para-hydroxylation sites is 2. The van der Waals surface area contributed by atoms with E-state index in [0.29, 0.717) is 12.4 Å². The number of rotatable bonds is 1. The molecule has 5 nitrogen and oxygen atoms in total. The van der Waals surface area contributed by atoms with Crippen LogP contribution in [0.3, 0.4) is 0 Å². The van der Waals surface area contributed by atoms with Crippen LogP contribution in [0, 0.1) is 0 Å². The second kappa shape index (κ2) is 6.32. The molecule has 6 heteroatoms. The Bertz CT molecular complexity index is 1140. The summed E-state index contributed by atoms with van der Waals surface area (Å²) in [5, 5.41) is 1.10. The topological polar surface area (TPSA) is 49.3 Å². The summed E-state index contributed by atoms with van der Waals surface area (Å²) >= 11 is 1.53. The number of amides is 1. The molecule has 0 saturated heterocycles. The van der Waals surface area contributed by atoms with Crippen LogP contribution in [0.15, 0.2) is 54.6 Å². The van der Waals surface area contributed by atoms with E-state index in [-0.39, 0.29) is 5.91 Å². The van der Waals surface area contributed by atoms with Crippen LogP contribution in [0.1, 0.15) is 16.1 Å². The first-order chi connectivity index (χ1) is 13.2. The van der Waals surface area contributed by atoms with Crippen LogP contribution in [0.2, 0.25) is 0 Å². The standard InChI is InChI=1S/C21H18N4OS/c1-24-11-6-12-25(20-19(24)22-15-8-3-4-9-16(15)23-20)21(26)18-13-14-7-2-5-10-17(14)27-18/h2-5,7-10,13H,6,11-12H2,1H3. The van der Waals surface area contributed by atoms with Gasteiger partial charge < -0.3 is 4.90 Å². The predicted molar refractivity (Wildman–Crippen MR) is 111 cm³/mol. The number of anilines is 2. The maximum Gasteiger partial charge on any atom is 0.269 e. The van der Waals surface area contributed by atoms with Crippen molar-refractivity contribution in [3.63, 3.8) is 0 Å². The maximum atomic E-state index is 13.4. The number of carbonyl (C=O) groups is 1. The van der Waals surface area contributed by atoms with E-state index in [0.717, 1.165) is 44.8 Å². The lowest BCUT2D eigenvalue weighted by atomic mass is 10.2. The molecule has 5 rings (SSSR count). The average molecular weight is 374 g/mol. The van der Waals surface area contributed by atoms with Gasteiger partial charge in [-0.05, 0) is 36.1 Å². The monoisotopic (exact) mass is 374 g/mol. The Kier molecular flexibility index (Phi) is 3.79. The van der Waals surface area contributed by atoms with Crippen LogP contribution >= 0.6 is 11.3 Å². The van der Waals surface area contributed by atoms with Crippen LogP contribution in [0.5, 0.6) is 0 Å². The van der Waals surface area contributed by atoms with Gasteiger partial charge in [0.2, 0.25) is 0 Å². The number of hydrogen-bond acceptors (Lipinski definition) is 5. The highest BCUT2D eigenvalue weighted by Gasteiger charge is 2.28. The molecule has 134 valence electrons. The van der Waals surface area contributed by atoms with Crippen molar-refractivity contribution in [3.05, 3.63) is 59.5 Å². The van der Waals surface area contributed by atoms with Gasteiger partial charge >= 0.3 is 0 Å². The van der Waals surface area contributed by atoms with Gasteiger partial charge in [0.25, 0.3) is 5.91 Å². The normalized spacial score (nSPS) is 14.4. The molecule has 4 aromatic rings. The Morgan fingerprint density at radius 1 is 0.963 bits per heavy atom. The molecule has 1 aliphatic heterocycles. The smallest absolute Gasteiger partial charge is 0.269 e. The molecule has 0 bridgehead atoms. The fourth-order valence-electron chi connectivity index (χ4n) is 3.51. The first kappa shape index (κ1) is 16.2. The van der Waals surface area contributed by atoms with Gasteiger partial charge in [-0.2, -0.15) is 0 Å². The first-order valence-corrected chi connectivity index (χ1v) is 9.81. The minimum absolute atomic E-state index is 0.00247. The highest BCUT2D eigenvalue weighted by Crippen LogP contribution is 2.33. The van der Waals surface area contributed by atoms with Crippen LogP contribution in [-0.2, 0) is 0 Å². The minimum atomic E-state index is -0.00247. The van der Waals surface area contributed by atoms with E-state index in [1.54, 1.807) is 4.90 Å². The average Bonchev–Trinajstić information content (AvgIpc) is 3.07. The Balaban J connectivity index is 1.64.